The first-order valence-corrected chi connectivity index (χ1v) is 9.18. The van der Waals surface area contributed by atoms with E-state index in [1.165, 1.54) is 12.1 Å². The Balaban J connectivity index is 1.82. The van der Waals surface area contributed by atoms with Crippen molar-refractivity contribution in [3.63, 3.8) is 0 Å². The minimum atomic E-state index is -4.42. The van der Waals surface area contributed by atoms with Crippen LogP contribution >= 0.6 is 0 Å². The Morgan fingerprint density at radius 2 is 1.55 bits per heavy atom. The number of fused-ring (bicyclic) bond motifs is 1. The van der Waals surface area contributed by atoms with Gasteiger partial charge in [0.1, 0.15) is 5.75 Å². The van der Waals surface area contributed by atoms with Crippen LogP contribution in [-0.2, 0) is 11.7 Å². The van der Waals surface area contributed by atoms with Gasteiger partial charge in [-0.05, 0) is 35.9 Å². The summed E-state index contributed by atoms with van der Waals surface area (Å²) in [5, 5.41) is 3.08. The van der Waals surface area contributed by atoms with Gasteiger partial charge in [0, 0.05) is 17.5 Å². The molecule has 3 aromatic rings. The summed E-state index contributed by atoms with van der Waals surface area (Å²) < 4.78 is 44.8. The van der Waals surface area contributed by atoms with Crippen LogP contribution in [0.1, 0.15) is 33.5 Å². The van der Waals surface area contributed by atoms with Gasteiger partial charge in [-0.15, -0.1) is 0 Å². The summed E-state index contributed by atoms with van der Waals surface area (Å²) in [7, 11) is 0. The number of carbonyl (C=O) groups is 1. The van der Waals surface area contributed by atoms with Crippen LogP contribution in [0.2, 0.25) is 0 Å². The van der Waals surface area contributed by atoms with Crippen LogP contribution in [0, 0.1) is 0 Å². The third-order valence-corrected chi connectivity index (χ3v) is 5.15. The molecular weight excluding hydrogens is 379 g/mol. The predicted octanol–water partition coefficient (Wildman–Crippen LogP) is 5.16. The molecule has 1 aliphatic rings. The molecule has 1 unspecified atom stereocenters. The van der Waals surface area contributed by atoms with Gasteiger partial charge in [0.15, 0.2) is 0 Å². The molecule has 148 valence electrons. The minimum Gasteiger partial charge on any atom is -0.493 e. The topological polar surface area (TPSA) is 38.3 Å². The van der Waals surface area contributed by atoms with Crippen molar-refractivity contribution in [2.45, 2.75) is 18.1 Å². The van der Waals surface area contributed by atoms with Crippen LogP contribution in [0.15, 0.2) is 78.9 Å². The molecule has 1 aliphatic heterocycles. The van der Waals surface area contributed by atoms with Crippen molar-refractivity contribution >= 4 is 5.91 Å². The number of alkyl halides is 3. The lowest BCUT2D eigenvalue weighted by molar-refractivity contribution is -0.137. The number of hydrogen-bond donors (Lipinski definition) is 1. The zero-order valence-electron chi connectivity index (χ0n) is 15.4. The van der Waals surface area contributed by atoms with E-state index in [-0.39, 0.29) is 5.91 Å². The summed E-state index contributed by atoms with van der Waals surface area (Å²) in [6, 6.07) is 20.9. The highest BCUT2D eigenvalue weighted by Crippen LogP contribution is 2.42. The monoisotopic (exact) mass is 397 g/mol. The van der Waals surface area contributed by atoms with E-state index in [0.29, 0.717) is 29.9 Å². The van der Waals surface area contributed by atoms with Crippen LogP contribution in [0.25, 0.3) is 0 Å². The molecule has 0 bridgehead atoms. The first-order chi connectivity index (χ1) is 13.9. The maximum Gasteiger partial charge on any atom is 0.416 e. The Morgan fingerprint density at radius 3 is 2.24 bits per heavy atom. The molecule has 1 heterocycles. The van der Waals surface area contributed by atoms with E-state index < -0.39 is 17.3 Å². The quantitative estimate of drug-likeness (QED) is 0.663. The number of nitrogens with one attached hydrogen (secondary N) is 1. The average molecular weight is 397 g/mol. The van der Waals surface area contributed by atoms with E-state index in [9.17, 15) is 18.0 Å². The van der Waals surface area contributed by atoms with E-state index in [2.05, 4.69) is 5.32 Å². The van der Waals surface area contributed by atoms with Crippen molar-refractivity contribution in [3.05, 3.63) is 101 Å². The first kappa shape index (κ1) is 19.1. The Kier molecular flexibility index (Phi) is 4.78. The number of para-hydroxylation sites is 1. The minimum absolute atomic E-state index is 0.304. The summed E-state index contributed by atoms with van der Waals surface area (Å²) in [5.41, 5.74) is 0.0426. The molecule has 1 amide bonds. The molecule has 0 radical (unpaired) electrons. The van der Waals surface area contributed by atoms with E-state index in [0.717, 1.165) is 17.7 Å². The molecule has 29 heavy (non-hydrogen) atoms. The van der Waals surface area contributed by atoms with Gasteiger partial charge in [-0.2, -0.15) is 13.2 Å². The number of ether oxygens (including phenoxy) is 1. The zero-order chi connectivity index (χ0) is 20.5. The highest BCUT2D eigenvalue weighted by molar-refractivity contribution is 5.95. The van der Waals surface area contributed by atoms with Gasteiger partial charge < -0.3 is 10.1 Å². The third kappa shape index (κ3) is 3.58. The van der Waals surface area contributed by atoms with Gasteiger partial charge in [0.25, 0.3) is 5.91 Å². The molecule has 0 saturated carbocycles. The summed E-state index contributed by atoms with van der Waals surface area (Å²) in [5.74, 6) is 0.300. The van der Waals surface area contributed by atoms with Crippen molar-refractivity contribution in [1.29, 1.82) is 0 Å². The Bertz CT molecular complexity index is 1020. The molecule has 1 N–H and O–H groups in total. The van der Waals surface area contributed by atoms with Crippen LogP contribution in [0.4, 0.5) is 13.2 Å². The lowest BCUT2D eigenvalue weighted by Crippen LogP contribution is -2.49. The number of amides is 1. The molecular formula is C23H18F3NO2. The SMILES string of the molecule is O=C(NC1(c2ccc(C(F)(F)F)cc2)CCOc2ccccc21)c1ccccc1. The first-order valence-electron chi connectivity index (χ1n) is 9.18. The second-order valence-electron chi connectivity index (χ2n) is 6.90. The standard InChI is InChI=1S/C23H18F3NO2/c24-23(25,26)18-12-10-17(11-13-18)22(27-21(28)16-6-2-1-3-7-16)14-15-29-20-9-5-4-8-19(20)22/h1-13H,14-15H2,(H,27,28). The number of benzene rings is 3. The van der Waals surface area contributed by atoms with E-state index in [1.807, 2.05) is 24.3 Å². The van der Waals surface area contributed by atoms with Crippen molar-refractivity contribution < 1.29 is 22.7 Å². The number of halogens is 3. The molecule has 1 atom stereocenters. The Hall–Kier alpha value is -3.28. The number of hydrogen-bond acceptors (Lipinski definition) is 2. The van der Waals surface area contributed by atoms with Crippen molar-refractivity contribution in [2.75, 3.05) is 6.61 Å². The molecule has 6 heteroatoms. The third-order valence-electron chi connectivity index (χ3n) is 5.15. The molecule has 0 spiro atoms. The normalized spacial score (nSPS) is 18.4. The van der Waals surface area contributed by atoms with Crippen LogP contribution < -0.4 is 10.1 Å². The highest BCUT2D eigenvalue weighted by atomic mass is 19.4. The smallest absolute Gasteiger partial charge is 0.416 e. The molecule has 3 nitrogen and oxygen atoms in total. The van der Waals surface area contributed by atoms with Gasteiger partial charge in [-0.1, -0.05) is 48.5 Å². The molecule has 3 aromatic carbocycles. The summed E-state index contributed by atoms with van der Waals surface area (Å²) in [4.78, 5) is 13.0. The van der Waals surface area contributed by atoms with E-state index >= 15 is 0 Å². The fourth-order valence-corrected chi connectivity index (χ4v) is 3.69. The van der Waals surface area contributed by atoms with Gasteiger partial charge in [-0.3, -0.25) is 4.79 Å². The van der Waals surface area contributed by atoms with Crippen LogP contribution in [0.3, 0.4) is 0 Å². The van der Waals surface area contributed by atoms with Crippen molar-refractivity contribution in [3.8, 4) is 5.75 Å². The van der Waals surface area contributed by atoms with Crippen molar-refractivity contribution in [2.24, 2.45) is 0 Å². The zero-order valence-corrected chi connectivity index (χ0v) is 15.4. The fraction of sp³-hybridized carbons (Fsp3) is 0.174. The van der Waals surface area contributed by atoms with Crippen molar-refractivity contribution in [1.82, 2.24) is 5.32 Å². The molecule has 0 aliphatic carbocycles. The maximum absolute atomic E-state index is 13.0. The second-order valence-corrected chi connectivity index (χ2v) is 6.90. The summed E-state index contributed by atoms with van der Waals surface area (Å²) >= 11 is 0. The summed E-state index contributed by atoms with van der Waals surface area (Å²) in [6.45, 7) is 0.326. The van der Waals surface area contributed by atoms with Gasteiger partial charge in [0.05, 0.1) is 17.7 Å². The van der Waals surface area contributed by atoms with Crippen LogP contribution in [-0.4, -0.2) is 12.5 Å². The Labute approximate surface area is 166 Å². The fourth-order valence-electron chi connectivity index (χ4n) is 3.69. The average Bonchev–Trinajstić information content (AvgIpc) is 2.74. The number of carbonyl (C=O) groups excluding carboxylic acids is 1. The predicted molar refractivity (Wildman–Crippen MR) is 103 cm³/mol. The molecule has 0 aromatic heterocycles. The molecule has 0 fully saturated rings. The van der Waals surface area contributed by atoms with E-state index in [1.54, 1.807) is 30.3 Å². The second kappa shape index (κ2) is 7.28. The van der Waals surface area contributed by atoms with E-state index in [4.69, 9.17) is 4.74 Å². The van der Waals surface area contributed by atoms with Gasteiger partial charge in [-0.25, -0.2) is 0 Å². The lowest BCUT2D eigenvalue weighted by atomic mass is 9.78. The van der Waals surface area contributed by atoms with Gasteiger partial charge in [0.2, 0.25) is 0 Å². The van der Waals surface area contributed by atoms with Crippen LogP contribution in [0.5, 0.6) is 5.75 Å². The molecule has 4 rings (SSSR count). The Morgan fingerprint density at radius 1 is 0.897 bits per heavy atom. The number of rotatable bonds is 3. The van der Waals surface area contributed by atoms with Gasteiger partial charge >= 0.3 is 6.18 Å². The maximum atomic E-state index is 13.0. The molecule has 0 saturated heterocycles. The lowest BCUT2D eigenvalue weighted by Gasteiger charge is -2.40. The summed E-state index contributed by atoms with van der Waals surface area (Å²) in [6.07, 6.45) is -4.03. The highest BCUT2D eigenvalue weighted by Gasteiger charge is 2.41. The largest absolute Gasteiger partial charge is 0.493 e.